The summed E-state index contributed by atoms with van der Waals surface area (Å²) in [6.45, 7) is 0.401. The Labute approximate surface area is 169 Å². The zero-order valence-corrected chi connectivity index (χ0v) is 16.7. The van der Waals surface area contributed by atoms with Crippen LogP contribution in [0.5, 0.6) is 11.5 Å². The fourth-order valence-electron chi connectivity index (χ4n) is 2.64. The molecule has 0 aliphatic carbocycles. The van der Waals surface area contributed by atoms with Crippen LogP contribution < -0.4 is 14.8 Å². The standard InChI is InChI=1S/C19H14BrNO6S/c20-13-2-4-14(5-3-13)28(23,24)18-8-7-16(27-18)19(22)21-10-12-1-6-15-17(9-12)26-11-25-15/h1-9H,10-11H2,(H,21,22). The average Bonchev–Trinajstić information content (AvgIpc) is 3.36. The highest BCUT2D eigenvalue weighted by Gasteiger charge is 2.23. The minimum Gasteiger partial charge on any atom is -0.454 e. The maximum Gasteiger partial charge on any atom is 0.287 e. The number of ether oxygens (including phenoxy) is 2. The van der Waals surface area contributed by atoms with Gasteiger partial charge in [-0.15, -0.1) is 0 Å². The van der Waals surface area contributed by atoms with E-state index in [1.54, 1.807) is 30.3 Å². The number of benzene rings is 2. The molecular weight excluding hydrogens is 450 g/mol. The highest BCUT2D eigenvalue weighted by atomic mass is 79.9. The summed E-state index contributed by atoms with van der Waals surface area (Å²) in [4.78, 5) is 12.4. The molecule has 3 aromatic rings. The summed E-state index contributed by atoms with van der Waals surface area (Å²) in [5.41, 5.74) is 0.812. The van der Waals surface area contributed by atoms with Crippen LogP contribution in [-0.2, 0) is 16.4 Å². The first-order chi connectivity index (χ1) is 13.4. The molecule has 1 amide bonds. The Morgan fingerprint density at radius 2 is 1.75 bits per heavy atom. The summed E-state index contributed by atoms with van der Waals surface area (Å²) >= 11 is 3.26. The van der Waals surface area contributed by atoms with Crippen LogP contribution in [0.1, 0.15) is 16.1 Å². The Morgan fingerprint density at radius 3 is 2.54 bits per heavy atom. The van der Waals surface area contributed by atoms with E-state index in [1.165, 1.54) is 24.3 Å². The Balaban J connectivity index is 1.46. The number of carbonyl (C=O) groups is 1. The van der Waals surface area contributed by atoms with Crippen molar-refractivity contribution in [3.63, 3.8) is 0 Å². The normalized spacial score (nSPS) is 12.8. The number of sulfone groups is 1. The second-order valence-electron chi connectivity index (χ2n) is 5.95. The van der Waals surface area contributed by atoms with Crippen LogP contribution in [0.3, 0.4) is 0 Å². The Morgan fingerprint density at radius 1 is 1.00 bits per heavy atom. The molecule has 0 fully saturated rings. The molecule has 1 aromatic heterocycles. The molecule has 2 aromatic carbocycles. The zero-order valence-electron chi connectivity index (χ0n) is 14.3. The predicted octanol–water partition coefficient (Wildman–Crippen LogP) is 3.53. The number of halogens is 1. The lowest BCUT2D eigenvalue weighted by molar-refractivity contribution is 0.0917. The van der Waals surface area contributed by atoms with Crippen LogP contribution in [0.25, 0.3) is 0 Å². The highest BCUT2D eigenvalue weighted by Crippen LogP contribution is 2.32. The third-order valence-corrected chi connectivity index (χ3v) is 6.25. The van der Waals surface area contributed by atoms with Gasteiger partial charge in [0.15, 0.2) is 17.3 Å². The Kier molecular flexibility index (Phi) is 4.86. The Hall–Kier alpha value is -2.78. The van der Waals surface area contributed by atoms with Gasteiger partial charge in [-0.3, -0.25) is 4.79 Å². The van der Waals surface area contributed by atoms with Crippen LogP contribution in [-0.4, -0.2) is 21.1 Å². The second-order valence-corrected chi connectivity index (χ2v) is 8.74. The SMILES string of the molecule is O=C(NCc1ccc2c(c1)OCO2)c1ccc(S(=O)(=O)c2ccc(Br)cc2)o1. The van der Waals surface area contributed by atoms with Crippen molar-refractivity contribution in [3.05, 3.63) is 70.4 Å². The third kappa shape index (κ3) is 3.63. The number of fused-ring (bicyclic) bond motifs is 1. The van der Waals surface area contributed by atoms with Crippen LogP contribution >= 0.6 is 15.9 Å². The van der Waals surface area contributed by atoms with E-state index in [-0.39, 0.29) is 29.1 Å². The van der Waals surface area contributed by atoms with E-state index in [4.69, 9.17) is 13.9 Å². The quantitative estimate of drug-likeness (QED) is 0.621. The van der Waals surface area contributed by atoms with E-state index in [1.807, 2.05) is 0 Å². The van der Waals surface area contributed by atoms with E-state index in [0.717, 1.165) is 10.0 Å². The van der Waals surface area contributed by atoms with Gasteiger partial charge in [-0.2, -0.15) is 0 Å². The molecule has 0 saturated carbocycles. The van der Waals surface area contributed by atoms with Crippen molar-refractivity contribution in [2.24, 2.45) is 0 Å². The van der Waals surface area contributed by atoms with Crippen molar-refractivity contribution in [2.75, 3.05) is 6.79 Å². The van der Waals surface area contributed by atoms with Crippen molar-refractivity contribution in [2.45, 2.75) is 16.5 Å². The molecule has 0 saturated heterocycles. The summed E-state index contributed by atoms with van der Waals surface area (Å²) in [5, 5.41) is 2.40. The molecule has 2 heterocycles. The molecule has 4 rings (SSSR count). The van der Waals surface area contributed by atoms with Crippen LogP contribution in [0, 0.1) is 0 Å². The van der Waals surface area contributed by atoms with Crippen LogP contribution in [0.2, 0.25) is 0 Å². The fourth-order valence-corrected chi connectivity index (χ4v) is 4.07. The van der Waals surface area contributed by atoms with Gasteiger partial charge in [0, 0.05) is 11.0 Å². The molecule has 1 aliphatic rings. The summed E-state index contributed by atoms with van der Waals surface area (Å²) in [6, 6.07) is 14.1. The zero-order chi connectivity index (χ0) is 19.7. The Bertz CT molecular complexity index is 1140. The molecule has 0 spiro atoms. The van der Waals surface area contributed by atoms with Crippen molar-refractivity contribution < 1.29 is 27.1 Å². The van der Waals surface area contributed by atoms with E-state index in [9.17, 15) is 13.2 Å². The highest BCUT2D eigenvalue weighted by molar-refractivity contribution is 9.10. The van der Waals surface area contributed by atoms with Crippen molar-refractivity contribution in [1.29, 1.82) is 0 Å². The number of amides is 1. The molecule has 0 atom stereocenters. The number of furan rings is 1. The van der Waals surface area contributed by atoms with Gasteiger partial charge in [0.25, 0.3) is 5.91 Å². The van der Waals surface area contributed by atoms with Gasteiger partial charge in [-0.05, 0) is 54.1 Å². The molecule has 7 nitrogen and oxygen atoms in total. The van der Waals surface area contributed by atoms with Crippen molar-refractivity contribution in [3.8, 4) is 11.5 Å². The summed E-state index contributed by atoms with van der Waals surface area (Å²) in [7, 11) is -3.84. The maximum atomic E-state index is 12.6. The van der Waals surface area contributed by atoms with Crippen LogP contribution in [0.15, 0.2) is 73.5 Å². The summed E-state index contributed by atoms with van der Waals surface area (Å²) in [5.74, 6) is 0.669. The first-order valence-corrected chi connectivity index (χ1v) is 10.5. The van der Waals surface area contributed by atoms with Gasteiger partial charge < -0.3 is 19.2 Å². The lowest BCUT2D eigenvalue weighted by atomic mass is 10.2. The first kappa shape index (κ1) is 18.6. The first-order valence-electron chi connectivity index (χ1n) is 8.21. The molecule has 1 aliphatic heterocycles. The molecule has 1 N–H and O–H groups in total. The summed E-state index contributed by atoms with van der Waals surface area (Å²) < 4.78 is 41.8. The van der Waals surface area contributed by atoms with Gasteiger partial charge in [-0.25, -0.2) is 8.42 Å². The molecule has 0 radical (unpaired) electrons. The number of hydrogen-bond donors (Lipinski definition) is 1. The van der Waals surface area contributed by atoms with Gasteiger partial charge in [0.2, 0.25) is 21.7 Å². The number of nitrogens with one attached hydrogen (secondary N) is 1. The number of rotatable bonds is 5. The molecule has 0 bridgehead atoms. The van der Waals surface area contributed by atoms with E-state index in [0.29, 0.717) is 11.5 Å². The minimum absolute atomic E-state index is 0.0809. The van der Waals surface area contributed by atoms with E-state index < -0.39 is 15.7 Å². The molecule has 0 unspecified atom stereocenters. The second kappa shape index (κ2) is 7.33. The third-order valence-electron chi connectivity index (χ3n) is 4.08. The molecule has 9 heteroatoms. The number of hydrogen-bond acceptors (Lipinski definition) is 6. The van der Waals surface area contributed by atoms with E-state index >= 15 is 0 Å². The largest absolute Gasteiger partial charge is 0.454 e. The fraction of sp³-hybridized carbons (Fsp3) is 0.105. The predicted molar refractivity (Wildman–Crippen MR) is 102 cm³/mol. The molecule has 28 heavy (non-hydrogen) atoms. The van der Waals surface area contributed by atoms with Gasteiger partial charge in [0.1, 0.15) is 0 Å². The number of carbonyl (C=O) groups excluding carboxylic acids is 1. The van der Waals surface area contributed by atoms with Crippen molar-refractivity contribution in [1.82, 2.24) is 5.32 Å². The molecule has 144 valence electrons. The van der Waals surface area contributed by atoms with E-state index in [2.05, 4.69) is 21.2 Å². The summed E-state index contributed by atoms with van der Waals surface area (Å²) in [6.07, 6.45) is 0. The lowest BCUT2D eigenvalue weighted by Crippen LogP contribution is -2.22. The van der Waals surface area contributed by atoms with Gasteiger partial charge >= 0.3 is 0 Å². The lowest BCUT2D eigenvalue weighted by Gasteiger charge is -2.05. The van der Waals surface area contributed by atoms with Gasteiger partial charge in [0.05, 0.1) is 4.90 Å². The van der Waals surface area contributed by atoms with Crippen molar-refractivity contribution >= 4 is 31.7 Å². The van der Waals surface area contributed by atoms with Crippen LogP contribution in [0.4, 0.5) is 0 Å². The van der Waals surface area contributed by atoms with Gasteiger partial charge in [-0.1, -0.05) is 22.0 Å². The monoisotopic (exact) mass is 463 g/mol. The smallest absolute Gasteiger partial charge is 0.287 e. The topological polar surface area (TPSA) is 94.8 Å². The minimum atomic E-state index is -3.84. The average molecular weight is 464 g/mol. The maximum absolute atomic E-state index is 12.6. The molecular formula is C19H14BrNO6S.